The predicted molar refractivity (Wildman–Crippen MR) is 62.2 cm³/mol. The molecule has 62 valence electrons. The predicted octanol–water partition coefficient (Wildman–Crippen LogP) is 4.08. The third-order valence-corrected chi connectivity index (χ3v) is 6.01. The Morgan fingerprint density at radius 1 is 1.20 bits per heavy atom. The molecule has 3 unspecified atom stereocenters. The van der Waals surface area contributed by atoms with E-state index in [-0.39, 0.29) is 0 Å². The molecule has 4 heteroatoms. The maximum Gasteiger partial charge on any atom is 0.0279 e. The van der Waals surface area contributed by atoms with Gasteiger partial charge in [0.15, 0.2) is 0 Å². The molecule has 0 N–H and O–H groups in total. The molecule has 0 fully saturated rings. The second-order valence-corrected chi connectivity index (χ2v) is 6.74. The number of hydrogen-bond donors (Lipinski definition) is 0. The maximum absolute atomic E-state index is 3.59. The summed E-state index contributed by atoms with van der Waals surface area (Å²) in [5.41, 5.74) is 0. The van der Waals surface area contributed by atoms with E-state index in [2.05, 4.69) is 70.6 Å². The Morgan fingerprint density at radius 2 is 1.70 bits per heavy atom. The molecule has 10 heavy (non-hydrogen) atoms. The zero-order valence-corrected chi connectivity index (χ0v) is 12.0. The summed E-state index contributed by atoms with van der Waals surface area (Å²) in [5, 5.41) is 1.01. The molecule has 0 aliphatic heterocycles. The standard InChI is InChI=1S/C6H10Br4/c1-4(8)6(10)2-5(9)3-7/h4-6H,2-3H2,1H3. The van der Waals surface area contributed by atoms with Gasteiger partial charge in [0, 0.05) is 19.8 Å². The van der Waals surface area contributed by atoms with Gasteiger partial charge in [-0.25, -0.2) is 0 Å². The number of alkyl halides is 4. The second-order valence-electron chi connectivity index (χ2n) is 2.18. The van der Waals surface area contributed by atoms with Crippen molar-refractivity contribution in [3.8, 4) is 0 Å². The Morgan fingerprint density at radius 3 is 2.00 bits per heavy atom. The first-order valence-corrected chi connectivity index (χ1v) is 6.93. The lowest BCUT2D eigenvalue weighted by molar-refractivity contribution is 0.773. The van der Waals surface area contributed by atoms with Crippen LogP contribution in [0.2, 0.25) is 0 Å². The second kappa shape index (κ2) is 6.44. The van der Waals surface area contributed by atoms with Crippen molar-refractivity contribution in [1.82, 2.24) is 0 Å². The molecular weight excluding hydrogens is 392 g/mol. The van der Waals surface area contributed by atoms with Crippen LogP contribution in [0.5, 0.6) is 0 Å². The number of rotatable bonds is 4. The molecule has 0 aromatic carbocycles. The van der Waals surface area contributed by atoms with Gasteiger partial charge in [-0.05, 0) is 6.42 Å². The molecule has 0 aliphatic rings. The lowest BCUT2D eigenvalue weighted by Crippen LogP contribution is -2.15. The van der Waals surface area contributed by atoms with Gasteiger partial charge in [0.05, 0.1) is 0 Å². The molecule has 0 spiro atoms. The molecule has 0 saturated carbocycles. The minimum Gasteiger partial charge on any atom is -0.0916 e. The molecule has 0 aromatic heterocycles. The maximum atomic E-state index is 3.59. The molecule has 0 saturated heterocycles. The highest BCUT2D eigenvalue weighted by Gasteiger charge is 2.14. The monoisotopic (exact) mass is 398 g/mol. The van der Waals surface area contributed by atoms with Crippen LogP contribution in [0.1, 0.15) is 13.3 Å². The first-order chi connectivity index (χ1) is 4.57. The average Bonchev–Trinajstić information content (AvgIpc) is 1.87. The largest absolute Gasteiger partial charge is 0.0916 e. The Kier molecular flexibility index (Phi) is 7.67. The van der Waals surface area contributed by atoms with Crippen LogP contribution in [0.4, 0.5) is 0 Å². The van der Waals surface area contributed by atoms with Crippen LogP contribution in [0.3, 0.4) is 0 Å². The fourth-order valence-electron chi connectivity index (χ4n) is 0.495. The van der Waals surface area contributed by atoms with E-state index in [9.17, 15) is 0 Å². The van der Waals surface area contributed by atoms with Gasteiger partial charge in [0.25, 0.3) is 0 Å². The minimum absolute atomic E-state index is 0.534. The summed E-state index contributed by atoms with van der Waals surface area (Å²) in [6.45, 7) is 2.15. The Labute approximate surface area is 96.0 Å². The van der Waals surface area contributed by atoms with Crippen LogP contribution in [0.15, 0.2) is 0 Å². The van der Waals surface area contributed by atoms with Crippen LogP contribution >= 0.6 is 63.7 Å². The molecule has 0 heterocycles. The molecule has 0 bridgehead atoms. The Bertz CT molecular complexity index is 83.8. The molecular formula is C6H10Br4. The average molecular weight is 402 g/mol. The highest BCUT2D eigenvalue weighted by Crippen LogP contribution is 2.22. The van der Waals surface area contributed by atoms with E-state index in [1.54, 1.807) is 0 Å². The van der Waals surface area contributed by atoms with E-state index in [4.69, 9.17) is 0 Å². The zero-order chi connectivity index (χ0) is 8.15. The van der Waals surface area contributed by atoms with E-state index in [0.717, 1.165) is 11.8 Å². The number of halogens is 4. The van der Waals surface area contributed by atoms with Crippen LogP contribution in [-0.2, 0) is 0 Å². The highest BCUT2D eigenvalue weighted by atomic mass is 79.9. The summed E-state index contributed by atoms with van der Waals surface area (Å²) in [4.78, 5) is 1.65. The summed E-state index contributed by atoms with van der Waals surface area (Å²) in [7, 11) is 0. The van der Waals surface area contributed by atoms with Gasteiger partial charge in [0.1, 0.15) is 0 Å². The van der Waals surface area contributed by atoms with Gasteiger partial charge < -0.3 is 0 Å². The smallest absolute Gasteiger partial charge is 0.0279 e. The lowest BCUT2D eigenvalue weighted by Gasteiger charge is -2.14. The molecule has 0 aromatic rings. The summed E-state index contributed by atoms with van der Waals surface area (Å²) in [6.07, 6.45) is 1.14. The molecule has 0 nitrogen and oxygen atoms in total. The van der Waals surface area contributed by atoms with Crippen LogP contribution < -0.4 is 0 Å². The van der Waals surface area contributed by atoms with E-state index in [0.29, 0.717) is 14.5 Å². The van der Waals surface area contributed by atoms with E-state index in [1.807, 2.05) is 0 Å². The van der Waals surface area contributed by atoms with Gasteiger partial charge in [-0.2, -0.15) is 0 Å². The summed E-state index contributed by atoms with van der Waals surface area (Å²) < 4.78 is 0. The van der Waals surface area contributed by atoms with Crippen molar-refractivity contribution >= 4 is 63.7 Å². The van der Waals surface area contributed by atoms with Crippen molar-refractivity contribution < 1.29 is 0 Å². The SMILES string of the molecule is CC(Br)C(Br)CC(Br)CBr. The minimum atomic E-state index is 0.534. The van der Waals surface area contributed by atoms with Gasteiger partial charge in [-0.3, -0.25) is 0 Å². The quantitative estimate of drug-likeness (QED) is 0.623. The summed E-state index contributed by atoms with van der Waals surface area (Å²) >= 11 is 14.1. The molecule has 0 aliphatic carbocycles. The van der Waals surface area contributed by atoms with Crippen molar-refractivity contribution in [2.75, 3.05) is 5.33 Å². The van der Waals surface area contributed by atoms with Gasteiger partial charge in [0.2, 0.25) is 0 Å². The Balaban J connectivity index is 3.46. The topological polar surface area (TPSA) is 0 Å². The van der Waals surface area contributed by atoms with E-state index >= 15 is 0 Å². The van der Waals surface area contributed by atoms with Gasteiger partial charge >= 0.3 is 0 Å². The fraction of sp³-hybridized carbons (Fsp3) is 1.00. The first-order valence-electron chi connectivity index (χ1n) is 3.06. The molecule has 0 radical (unpaired) electrons. The summed E-state index contributed by atoms with van der Waals surface area (Å²) in [5.74, 6) is 0. The van der Waals surface area contributed by atoms with Crippen LogP contribution in [-0.4, -0.2) is 19.8 Å². The highest BCUT2D eigenvalue weighted by molar-refractivity contribution is 9.12. The summed E-state index contributed by atoms with van der Waals surface area (Å²) in [6, 6.07) is 0. The molecule has 0 rings (SSSR count). The van der Waals surface area contributed by atoms with Crippen molar-refractivity contribution in [2.24, 2.45) is 0 Å². The Hall–Kier alpha value is 1.92. The van der Waals surface area contributed by atoms with Crippen LogP contribution in [0, 0.1) is 0 Å². The van der Waals surface area contributed by atoms with E-state index in [1.165, 1.54) is 0 Å². The van der Waals surface area contributed by atoms with Gasteiger partial charge in [-0.15, -0.1) is 0 Å². The van der Waals surface area contributed by atoms with Crippen molar-refractivity contribution in [3.05, 3.63) is 0 Å². The molecule has 0 amide bonds. The van der Waals surface area contributed by atoms with Gasteiger partial charge in [-0.1, -0.05) is 70.6 Å². The van der Waals surface area contributed by atoms with Crippen molar-refractivity contribution in [3.63, 3.8) is 0 Å². The first kappa shape index (κ1) is 11.9. The molecule has 3 atom stereocenters. The number of hydrogen-bond acceptors (Lipinski definition) is 0. The zero-order valence-electron chi connectivity index (χ0n) is 5.66. The lowest BCUT2D eigenvalue weighted by atomic mass is 10.2. The fourth-order valence-corrected chi connectivity index (χ4v) is 2.33. The van der Waals surface area contributed by atoms with Crippen molar-refractivity contribution in [2.45, 2.75) is 27.8 Å². The normalized spacial score (nSPS) is 20.1. The third-order valence-electron chi connectivity index (χ3n) is 1.15. The van der Waals surface area contributed by atoms with E-state index < -0.39 is 0 Å². The van der Waals surface area contributed by atoms with Crippen LogP contribution in [0.25, 0.3) is 0 Å². The third kappa shape index (κ3) is 5.56. The van der Waals surface area contributed by atoms with Crippen molar-refractivity contribution in [1.29, 1.82) is 0 Å².